The molecule has 1 N–H and O–H groups in total. The summed E-state index contributed by atoms with van der Waals surface area (Å²) in [5, 5.41) is 3.30. The largest absolute Gasteiger partial charge is 0.385 e. The highest BCUT2D eigenvalue weighted by Gasteiger charge is 1.97. The predicted octanol–water partition coefficient (Wildman–Crippen LogP) is 3.18. The van der Waals surface area contributed by atoms with E-state index in [1.807, 2.05) is 24.5 Å². The summed E-state index contributed by atoms with van der Waals surface area (Å²) in [6, 6.07) is 12.4. The van der Waals surface area contributed by atoms with Crippen LogP contribution in [-0.2, 0) is 0 Å². The zero-order valence-electron chi connectivity index (χ0n) is 8.77. The number of rotatable bonds is 3. The van der Waals surface area contributed by atoms with Gasteiger partial charge in [0.25, 0.3) is 0 Å². The van der Waals surface area contributed by atoms with Crippen LogP contribution in [0.2, 0.25) is 0 Å². The van der Waals surface area contributed by atoms with Crippen molar-refractivity contribution in [1.29, 1.82) is 0 Å². The summed E-state index contributed by atoms with van der Waals surface area (Å²) in [5.41, 5.74) is 3.58. The number of aromatic nitrogens is 1. The maximum absolute atomic E-state index is 4.01. The Kier molecular flexibility index (Phi) is 2.98. The van der Waals surface area contributed by atoms with Crippen LogP contribution in [0.5, 0.6) is 0 Å². The molecule has 0 saturated heterocycles. The summed E-state index contributed by atoms with van der Waals surface area (Å²) in [6.07, 6.45) is 3.63. The fourth-order valence-corrected chi connectivity index (χ4v) is 1.56. The van der Waals surface area contributed by atoms with E-state index in [0.717, 1.165) is 12.2 Å². The van der Waals surface area contributed by atoms with Gasteiger partial charge in [-0.1, -0.05) is 12.1 Å². The van der Waals surface area contributed by atoms with Crippen molar-refractivity contribution in [2.75, 3.05) is 11.9 Å². The minimum atomic E-state index is 0.944. The number of nitrogens with zero attached hydrogens (tertiary/aromatic N) is 1. The first kappa shape index (κ1) is 9.71. The molecule has 0 fully saturated rings. The molecule has 0 bridgehead atoms. The second-order valence-corrected chi connectivity index (χ2v) is 3.35. The topological polar surface area (TPSA) is 24.9 Å². The van der Waals surface area contributed by atoms with Gasteiger partial charge in [-0.15, -0.1) is 0 Å². The summed E-state index contributed by atoms with van der Waals surface area (Å²) in [7, 11) is 0. The standard InChI is InChI=1S/C13H14N2/c1-2-15-13-5-3-4-12(10-13)11-6-8-14-9-7-11/h3-10,15H,2H2,1H3. The summed E-state index contributed by atoms with van der Waals surface area (Å²) < 4.78 is 0. The zero-order chi connectivity index (χ0) is 10.5. The predicted molar refractivity (Wildman–Crippen MR) is 63.8 cm³/mol. The van der Waals surface area contributed by atoms with Gasteiger partial charge in [-0.2, -0.15) is 0 Å². The van der Waals surface area contributed by atoms with Gasteiger partial charge in [0, 0.05) is 24.6 Å². The van der Waals surface area contributed by atoms with E-state index in [-0.39, 0.29) is 0 Å². The van der Waals surface area contributed by atoms with Gasteiger partial charge in [0.2, 0.25) is 0 Å². The van der Waals surface area contributed by atoms with Crippen LogP contribution < -0.4 is 5.32 Å². The second kappa shape index (κ2) is 4.60. The molecule has 1 aromatic carbocycles. The molecular weight excluding hydrogens is 184 g/mol. The van der Waals surface area contributed by atoms with Gasteiger partial charge in [-0.05, 0) is 42.3 Å². The Labute approximate surface area is 90.0 Å². The van der Waals surface area contributed by atoms with Crippen molar-refractivity contribution in [2.45, 2.75) is 6.92 Å². The van der Waals surface area contributed by atoms with Gasteiger partial charge in [-0.25, -0.2) is 0 Å². The van der Waals surface area contributed by atoms with Crippen LogP contribution in [0.3, 0.4) is 0 Å². The molecule has 76 valence electrons. The van der Waals surface area contributed by atoms with Gasteiger partial charge in [-0.3, -0.25) is 4.98 Å². The van der Waals surface area contributed by atoms with E-state index in [4.69, 9.17) is 0 Å². The smallest absolute Gasteiger partial charge is 0.0346 e. The molecule has 0 aliphatic rings. The molecule has 2 aromatic rings. The minimum absolute atomic E-state index is 0.944. The third-order valence-corrected chi connectivity index (χ3v) is 2.26. The van der Waals surface area contributed by atoms with Crippen molar-refractivity contribution in [3.63, 3.8) is 0 Å². The lowest BCUT2D eigenvalue weighted by Crippen LogP contribution is -1.95. The van der Waals surface area contributed by atoms with Crippen LogP contribution in [0.1, 0.15) is 6.92 Å². The van der Waals surface area contributed by atoms with Crippen LogP contribution in [0, 0.1) is 0 Å². The number of anilines is 1. The summed E-state index contributed by atoms with van der Waals surface area (Å²) in [6.45, 7) is 3.04. The third-order valence-electron chi connectivity index (χ3n) is 2.26. The first-order chi connectivity index (χ1) is 7.40. The quantitative estimate of drug-likeness (QED) is 0.819. The van der Waals surface area contributed by atoms with E-state index >= 15 is 0 Å². The molecule has 2 nitrogen and oxygen atoms in total. The van der Waals surface area contributed by atoms with E-state index in [1.165, 1.54) is 11.1 Å². The Balaban J connectivity index is 2.33. The summed E-state index contributed by atoms with van der Waals surface area (Å²) >= 11 is 0. The number of benzene rings is 1. The monoisotopic (exact) mass is 198 g/mol. The van der Waals surface area contributed by atoms with Gasteiger partial charge in [0.15, 0.2) is 0 Å². The second-order valence-electron chi connectivity index (χ2n) is 3.35. The average molecular weight is 198 g/mol. The Morgan fingerprint density at radius 3 is 2.60 bits per heavy atom. The highest BCUT2D eigenvalue weighted by Crippen LogP contribution is 2.21. The molecule has 2 rings (SSSR count). The molecule has 2 heteroatoms. The Bertz CT molecular complexity index is 424. The van der Waals surface area contributed by atoms with Crippen molar-refractivity contribution in [3.05, 3.63) is 48.8 Å². The molecule has 0 spiro atoms. The molecule has 0 aliphatic heterocycles. The normalized spacial score (nSPS) is 9.93. The van der Waals surface area contributed by atoms with Crippen molar-refractivity contribution < 1.29 is 0 Å². The molecule has 1 aromatic heterocycles. The Morgan fingerprint density at radius 1 is 1.07 bits per heavy atom. The number of hydrogen-bond donors (Lipinski definition) is 1. The molecule has 0 saturated carbocycles. The lowest BCUT2D eigenvalue weighted by molar-refractivity contribution is 1.21. The highest BCUT2D eigenvalue weighted by molar-refractivity contribution is 5.67. The van der Waals surface area contributed by atoms with Gasteiger partial charge in [0.05, 0.1) is 0 Å². The first-order valence-corrected chi connectivity index (χ1v) is 5.14. The maximum atomic E-state index is 4.01. The Hall–Kier alpha value is -1.83. The number of nitrogens with one attached hydrogen (secondary N) is 1. The summed E-state index contributed by atoms with van der Waals surface area (Å²) in [5.74, 6) is 0. The molecule has 1 heterocycles. The van der Waals surface area contributed by atoms with Crippen LogP contribution in [0.25, 0.3) is 11.1 Å². The van der Waals surface area contributed by atoms with Crippen molar-refractivity contribution in [1.82, 2.24) is 4.98 Å². The molecule has 0 radical (unpaired) electrons. The van der Waals surface area contributed by atoms with Gasteiger partial charge in [0.1, 0.15) is 0 Å². The SMILES string of the molecule is CCNc1cccc(-c2ccncc2)c1. The van der Waals surface area contributed by atoms with E-state index in [9.17, 15) is 0 Å². The van der Waals surface area contributed by atoms with Crippen LogP contribution in [0.4, 0.5) is 5.69 Å². The van der Waals surface area contributed by atoms with Gasteiger partial charge < -0.3 is 5.32 Å². The van der Waals surface area contributed by atoms with E-state index < -0.39 is 0 Å². The first-order valence-electron chi connectivity index (χ1n) is 5.14. The van der Waals surface area contributed by atoms with E-state index in [0.29, 0.717) is 0 Å². The molecule has 0 amide bonds. The fraction of sp³-hybridized carbons (Fsp3) is 0.154. The third kappa shape index (κ3) is 2.34. The van der Waals surface area contributed by atoms with E-state index in [1.54, 1.807) is 0 Å². The highest BCUT2D eigenvalue weighted by atomic mass is 14.8. The lowest BCUT2D eigenvalue weighted by Gasteiger charge is -2.06. The van der Waals surface area contributed by atoms with Crippen LogP contribution in [0.15, 0.2) is 48.8 Å². The zero-order valence-corrected chi connectivity index (χ0v) is 8.77. The number of pyridine rings is 1. The average Bonchev–Trinajstić information content (AvgIpc) is 2.31. The molecule has 15 heavy (non-hydrogen) atoms. The van der Waals surface area contributed by atoms with Crippen molar-refractivity contribution in [2.24, 2.45) is 0 Å². The number of hydrogen-bond acceptors (Lipinski definition) is 2. The summed E-state index contributed by atoms with van der Waals surface area (Å²) in [4.78, 5) is 4.01. The van der Waals surface area contributed by atoms with Crippen LogP contribution >= 0.6 is 0 Å². The Morgan fingerprint density at radius 2 is 1.87 bits per heavy atom. The van der Waals surface area contributed by atoms with Gasteiger partial charge >= 0.3 is 0 Å². The van der Waals surface area contributed by atoms with Crippen LogP contribution in [-0.4, -0.2) is 11.5 Å². The maximum Gasteiger partial charge on any atom is 0.0346 e. The molecule has 0 atom stereocenters. The van der Waals surface area contributed by atoms with E-state index in [2.05, 4.69) is 41.5 Å². The molecular formula is C13H14N2. The van der Waals surface area contributed by atoms with Crippen molar-refractivity contribution >= 4 is 5.69 Å². The lowest BCUT2D eigenvalue weighted by atomic mass is 10.1. The van der Waals surface area contributed by atoms with Crippen molar-refractivity contribution in [3.8, 4) is 11.1 Å². The minimum Gasteiger partial charge on any atom is -0.385 e. The fourth-order valence-electron chi connectivity index (χ4n) is 1.56. The molecule has 0 aliphatic carbocycles. The molecule has 0 unspecified atom stereocenters.